The van der Waals surface area contributed by atoms with E-state index in [2.05, 4.69) is 10.2 Å². The van der Waals surface area contributed by atoms with Crippen LogP contribution in [0.15, 0.2) is 30.5 Å². The lowest BCUT2D eigenvalue weighted by atomic mass is 10.1. The molecule has 0 unspecified atom stereocenters. The van der Waals surface area contributed by atoms with E-state index >= 15 is 0 Å². The van der Waals surface area contributed by atoms with Gasteiger partial charge in [0.1, 0.15) is 0 Å². The summed E-state index contributed by atoms with van der Waals surface area (Å²) in [6, 6.07) is 6.03. The number of hydrogen-bond donors (Lipinski definition) is 1. The minimum Gasteiger partial charge on any atom is -0.288 e. The van der Waals surface area contributed by atoms with E-state index in [0.29, 0.717) is 5.75 Å². The lowest BCUT2D eigenvalue weighted by molar-refractivity contribution is -0.109. The molecule has 0 atom stereocenters. The summed E-state index contributed by atoms with van der Waals surface area (Å²) in [5.74, 6) is 0.708. The molecule has 0 saturated heterocycles. The maximum atomic E-state index is 10.7. The standard InChI is InChI=1S/C12H12N2OS/c1-9(15)16-7-3-6-10-4-2-5-11-8-13-14-12(10)11/h2-6,8H,7H2,1H3,(H,13,14). The highest BCUT2D eigenvalue weighted by Crippen LogP contribution is 2.17. The van der Waals surface area contributed by atoms with Crippen molar-refractivity contribution in [3.63, 3.8) is 0 Å². The first-order valence-corrected chi connectivity index (χ1v) is 5.98. The summed E-state index contributed by atoms with van der Waals surface area (Å²) in [5.41, 5.74) is 2.13. The third kappa shape index (κ3) is 2.52. The SMILES string of the molecule is CC(=O)SCC=Cc1cccc2cn[nH]c12. The van der Waals surface area contributed by atoms with E-state index in [1.807, 2.05) is 30.4 Å². The minimum atomic E-state index is 0.143. The Bertz CT molecular complexity index is 531. The van der Waals surface area contributed by atoms with Crippen LogP contribution in [0.4, 0.5) is 0 Å². The number of aromatic amines is 1. The second kappa shape index (κ2) is 4.99. The van der Waals surface area contributed by atoms with E-state index in [-0.39, 0.29) is 5.12 Å². The lowest BCUT2D eigenvalue weighted by Gasteiger charge is -1.95. The van der Waals surface area contributed by atoms with Crippen LogP contribution in [0, 0.1) is 0 Å². The Morgan fingerprint density at radius 3 is 3.25 bits per heavy atom. The number of rotatable bonds is 3. The van der Waals surface area contributed by atoms with E-state index in [0.717, 1.165) is 16.5 Å². The fourth-order valence-corrected chi connectivity index (χ4v) is 1.90. The molecule has 3 nitrogen and oxygen atoms in total. The third-order valence-electron chi connectivity index (χ3n) is 2.19. The summed E-state index contributed by atoms with van der Waals surface area (Å²) in [5, 5.41) is 8.20. The minimum absolute atomic E-state index is 0.143. The first-order chi connectivity index (χ1) is 7.77. The van der Waals surface area contributed by atoms with Crippen LogP contribution in [0.1, 0.15) is 12.5 Å². The smallest absolute Gasteiger partial charge is 0.186 e. The van der Waals surface area contributed by atoms with Gasteiger partial charge in [-0.3, -0.25) is 9.89 Å². The van der Waals surface area contributed by atoms with E-state index in [1.54, 1.807) is 13.1 Å². The molecule has 0 spiro atoms. The molecule has 0 amide bonds. The molecular weight excluding hydrogens is 220 g/mol. The molecule has 0 fully saturated rings. The summed E-state index contributed by atoms with van der Waals surface area (Å²) in [6.07, 6.45) is 5.80. The van der Waals surface area contributed by atoms with Crippen molar-refractivity contribution in [2.45, 2.75) is 6.92 Å². The molecule has 0 saturated carbocycles. The van der Waals surface area contributed by atoms with E-state index in [9.17, 15) is 4.79 Å². The molecule has 1 N–H and O–H groups in total. The third-order valence-corrected chi connectivity index (χ3v) is 2.95. The molecule has 2 rings (SSSR count). The average molecular weight is 232 g/mol. The number of benzene rings is 1. The van der Waals surface area contributed by atoms with Crippen molar-refractivity contribution >= 4 is 33.9 Å². The summed E-state index contributed by atoms with van der Waals surface area (Å²) in [4.78, 5) is 10.7. The Kier molecular flexibility index (Phi) is 3.41. The Labute approximate surface area is 97.9 Å². The second-order valence-electron chi connectivity index (χ2n) is 3.39. The van der Waals surface area contributed by atoms with E-state index < -0.39 is 0 Å². The summed E-state index contributed by atoms with van der Waals surface area (Å²) >= 11 is 1.31. The van der Waals surface area contributed by atoms with Gasteiger partial charge < -0.3 is 0 Å². The predicted octanol–water partition coefficient (Wildman–Crippen LogP) is 2.86. The van der Waals surface area contributed by atoms with Crippen LogP contribution in [-0.4, -0.2) is 21.1 Å². The number of carbonyl (C=O) groups excluding carboxylic acids is 1. The quantitative estimate of drug-likeness (QED) is 0.885. The van der Waals surface area contributed by atoms with Crippen LogP contribution in [-0.2, 0) is 4.79 Å². The molecule has 0 aliphatic rings. The number of H-pyrrole nitrogens is 1. The molecule has 82 valence electrons. The van der Waals surface area contributed by atoms with Crippen molar-refractivity contribution in [2.24, 2.45) is 0 Å². The predicted molar refractivity (Wildman–Crippen MR) is 68.3 cm³/mol. The number of thioether (sulfide) groups is 1. The molecule has 1 heterocycles. The van der Waals surface area contributed by atoms with Gasteiger partial charge in [0.2, 0.25) is 0 Å². The molecule has 0 aliphatic carbocycles. The maximum Gasteiger partial charge on any atom is 0.186 e. The maximum absolute atomic E-state index is 10.7. The Morgan fingerprint density at radius 1 is 1.56 bits per heavy atom. The lowest BCUT2D eigenvalue weighted by Crippen LogP contribution is -1.82. The monoisotopic (exact) mass is 232 g/mol. The van der Waals surface area contributed by atoms with Gasteiger partial charge in [0.15, 0.2) is 5.12 Å². The van der Waals surface area contributed by atoms with E-state index in [1.165, 1.54) is 11.8 Å². The van der Waals surface area contributed by atoms with Gasteiger partial charge in [-0.15, -0.1) is 0 Å². The zero-order valence-corrected chi connectivity index (χ0v) is 9.75. The Balaban J connectivity index is 2.14. The van der Waals surface area contributed by atoms with Crippen LogP contribution in [0.25, 0.3) is 17.0 Å². The first kappa shape index (κ1) is 11.0. The highest BCUT2D eigenvalue weighted by atomic mass is 32.2. The highest BCUT2D eigenvalue weighted by Gasteiger charge is 1.98. The van der Waals surface area contributed by atoms with Crippen molar-refractivity contribution in [1.29, 1.82) is 0 Å². The molecule has 4 heteroatoms. The summed E-state index contributed by atoms with van der Waals surface area (Å²) in [7, 11) is 0. The Morgan fingerprint density at radius 2 is 2.44 bits per heavy atom. The van der Waals surface area contributed by atoms with Crippen molar-refractivity contribution in [3.8, 4) is 0 Å². The van der Waals surface area contributed by atoms with Crippen LogP contribution < -0.4 is 0 Å². The van der Waals surface area contributed by atoms with Gasteiger partial charge >= 0.3 is 0 Å². The summed E-state index contributed by atoms with van der Waals surface area (Å²) in [6.45, 7) is 1.58. The number of nitrogens with one attached hydrogen (secondary N) is 1. The molecule has 1 aromatic heterocycles. The average Bonchev–Trinajstić information content (AvgIpc) is 2.72. The highest BCUT2D eigenvalue weighted by molar-refractivity contribution is 8.13. The van der Waals surface area contributed by atoms with Crippen LogP contribution in [0.3, 0.4) is 0 Å². The van der Waals surface area contributed by atoms with Crippen molar-refractivity contribution in [2.75, 3.05) is 5.75 Å². The van der Waals surface area contributed by atoms with Gasteiger partial charge in [-0.05, 0) is 5.56 Å². The van der Waals surface area contributed by atoms with Gasteiger partial charge in [0.05, 0.1) is 11.7 Å². The van der Waals surface area contributed by atoms with Crippen molar-refractivity contribution in [1.82, 2.24) is 10.2 Å². The fourth-order valence-electron chi connectivity index (χ4n) is 1.47. The van der Waals surface area contributed by atoms with Crippen LogP contribution in [0.2, 0.25) is 0 Å². The van der Waals surface area contributed by atoms with E-state index in [4.69, 9.17) is 0 Å². The normalized spacial score (nSPS) is 11.3. The summed E-state index contributed by atoms with van der Waals surface area (Å²) < 4.78 is 0. The molecule has 0 radical (unpaired) electrons. The Hall–Kier alpha value is -1.55. The second-order valence-corrected chi connectivity index (χ2v) is 4.58. The van der Waals surface area contributed by atoms with Crippen LogP contribution in [0.5, 0.6) is 0 Å². The van der Waals surface area contributed by atoms with Gasteiger partial charge in [-0.2, -0.15) is 5.10 Å². The van der Waals surface area contributed by atoms with Gasteiger partial charge in [-0.1, -0.05) is 42.1 Å². The number of hydrogen-bond acceptors (Lipinski definition) is 3. The number of aromatic nitrogens is 2. The molecule has 2 aromatic rings. The zero-order chi connectivity index (χ0) is 11.4. The van der Waals surface area contributed by atoms with Crippen molar-refractivity contribution < 1.29 is 4.79 Å². The molecule has 1 aromatic carbocycles. The molecule has 16 heavy (non-hydrogen) atoms. The first-order valence-electron chi connectivity index (χ1n) is 4.99. The number of nitrogens with zero attached hydrogens (tertiary/aromatic N) is 1. The van der Waals surface area contributed by atoms with Crippen molar-refractivity contribution in [3.05, 3.63) is 36.0 Å². The van der Waals surface area contributed by atoms with Gasteiger partial charge in [-0.25, -0.2) is 0 Å². The van der Waals surface area contributed by atoms with Gasteiger partial charge in [0.25, 0.3) is 0 Å². The zero-order valence-electron chi connectivity index (χ0n) is 8.93. The number of carbonyl (C=O) groups is 1. The number of fused-ring (bicyclic) bond motifs is 1. The fraction of sp³-hybridized carbons (Fsp3) is 0.167. The van der Waals surface area contributed by atoms with Gasteiger partial charge in [0, 0.05) is 18.1 Å². The van der Waals surface area contributed by atoms with Crippen LogP contribution >= 0.6 is 11.8 Å². The number of para-hydroxylation sites is 1. The molecular formula is C12H12N2OS. The largest absolute Gasteiger partial charge is 0.288 e. The molecule has 0 aliphatic heterocycles. The topological polar surface area (TPSA) is 45.8 Å². The molecule has 0 bridgehead atoms.